The molecule has 0 aromatic rings. The van der Waals surface area contributed by atoms with Gasteiger partial charge in [0, 0.05) is 6.10 Å². The average molecular weight is 267 g/mol. The van der Waals surface area contributed by atoms with Gasteiger partial charge in [0.05, 0.1) is 0 Å². The molecule has 1 atom stereocenters. The van der Waals surface area contributed by atoms with Gasteiger partial charge in [-0.2, -0.15) is 0 Å². The Hall–Kier alpha value is 0.531. The lowest BCUT2D eigenvalue weighted by Gasteiger charge is -2.31. The highest BCUT2D eigenvalue weighted by Crippen LogP contribution is 2.14. The summed E-state index contributed by atoms with van der Waals surface area (Å²) in [6, 6.07) is 0. The van der Waals surface area contributed by atoms with E-state index in [-0.39, 0.29) is 6.10 Å². The maximum Gasteiger partial charge on any atom is 0.322 e. The largest absolute Gasteiger partial charge is 0.439 e. The lowest BCUT2D eigenvalue weighted by Crippen LogP contribution is -2.46. The van der Waals surface area contributed by atoms with Crippen molar-refractivity contribution in [2.75, 3.05) is 0 Å². The second-order valence-electron chi connectivity index (χ2n) is 5.48. The van der Waals surface area contributed by atoms with E-state index in [0.29, 0.717) is 0 Å². The van der Waals surface area contributed by atoms with Gasteiger partial charge < -0.3 is 12.7 Å². The quantitative estimate of drug-likeness (QED) is 0.692. The van der Waals surface area contributed by atoms with Gasteiger partial charge in [-0.05, 0) is 53.1 Å². The molecule has 0 amide bonds. The van der Waals surface area contributed by atoms with Crippen LogP contribution in [-0.2, 0) is 12.7 Å². The Kier molecular flexibility index (Phi) is 5.94. The summed E-state index contributed by atoms with van der Waals surface area (Å²) in [7, 11) is -4.94. The first-order valence-electron chi connectivity index (χ1n) is 5.55. The Balaban J connectivity index is 4.10. The van der Waals surface area contributed by atoms with Crippen LogP contribution in [0, 0.1) is 0 Å². The van der Waals surface area contributed by atoms with Gasteiger partial charge in [0.1, 0.15) is 0 Å². The molecule has 0 spiro atoms. The topological polar surface area (TPSA) is 27.7 Å². The molecule has 92 valence electrons. The fraction of sp³-hybridized carbons (Fsp3) is 1.00. The Morgan fingerprint density at radius 2 is 1.40 bits per heavy atom. The summed E-state index contributed by atoms with van der Waals surface area (Å²) in [5.74, 6) is 0. The zero-order valence-electron chi connectivity index (χ0n) is 11.4. The normalized spacial score (nSPS) is 15.8. The minimum atomic E-state index is -1.97. The van der Waals surface area contributed by atoms with Crippen LogP contribution in [0.1, 0.15) is 13.8 Å². The highest BCUT2D eigenvalue weighted by atomic mass is 28.5. The minimum absolute atomic E-state index is 0.236. The molecule has 0 radical (unpaired) electrons. The Bertz CT molecular complexity index is 190. The number of hydrogen-bond acceptors (Lipinski definition) is 3. The van der Waals surface area contributed by atoms with Crippen LogP contribution in [0.5, 0.6) is 0 Å². The van der Waals surface area contributed by atoms with Crippen LogP contribution in [0.25, 0.3) is 0 Å². The van der Waals surface area contributed by atoms with Gasteiger partial charge in [-0.3, -0.25) is 0 Å². The molecule has 0 aromatic carbocycles. The van der Waals surface area contributed by atoms with Crippen LogP contribution < -0.4 is 0 Å². The van der Waals surface area contributed by atoms with Crippen molar-refractivity contribution in [2.24, 2.45) is 0 Å². The maximum absolute atomic E-state index is 5.99. The molecular formula is C9H26O3Si3. The molecule has 1 unspecified atom stereocenters. The summed E-state index contributed by atoms with van der Waals surface area (Å²) in [4.78, 5) is 0. The van der Waals surface area contributed by atoms with E-state index < -0.39 is 26.2 Å². The highest BCUT2D eigenvalue weighted by molar-refractivity contribution is 6.79. The Morgan fingerprint density at radius 3 is 1.73 bits per heavy atom. The van der Waals surface area contributed by atoms with Crippen molar-refractivity contribution >= 4 is 26.2 Å². The standard InChI is InChI=1S/C9H26O3Si3/c1-9(2)10-15(7,8)12-13(3)11-14(4,5)6/h9,13H,1-8H3. The van der Waals surface area contributed by atoms with Gasteiger partial charge in [-0.1, -0.05) is 0 Å². The van der Waals surface area contributed by atoms with Crippen LogP contribution >= 0.6 is 0 Å². The van der Waals surface area contributed by atoms with E-state index in [4.69, 9.17) is 12.7 Å². The molecule has 0 rings (SSSR count). The van der Waals surface area contributed by atoms with Gasteiger partial charge in [-0.25, -0.2) is 0 Å². The van der Waals surface area contributed by atoms with E-state index in [1.165, 1.54) is 0 Å². The van der Waals surface area contributed by atoms with Crippen LogP contribution in [0.15, 0.2) is 0 Å². The summed E-state index contributed by atoms with van der Waals surface area (Å²) < 4.78 is 17.8. The molecule has 0 fully saturated rings. The molecular weight excluding hydrogens is 240 g/mol. The summed E-state index contributed by atoms with van der Waals surface area (Å²) in [6.45, 7) is 16.9. The fourth-order valence-corrected chi connectivity index (χ4v) is 10.7. The predicted molar refractivity (Wildman–Crippen MR) is 72.2 cm³/mol. The third kappa shape index (κ3) is 9.46. The first-order chi connectivity index (χ1) is 6.52. The molecule has 0 aliphatic rings. The smallest absolute Gasteiger partial charge is 0.322 e. The first-order valence-corrected chi connectivity index (χ1v) is 13.9. The minimum Gasteiger partial charge on any atom is -0.439 e. The van der Waals surface area contributed by atoms with Crippen LogP contribution in [0.2, 0.25) is 39.3 Å². The third-order valence-corrected chi connectivity index (χ3v) is 10.3. The summed E-state index contributed by atoms with van der Waals surface area (Å²) >= 11 is 0. The average Bonchev–Trinajstić information content (AvgIpc) is 1.73. The summed E-state index contributed by atoms with van der Waals surface area (Å²) in [6.07, 6.45) is 0.236. The molecule has 0 aliphatic carbocycles. The molecule has 0 aromatic heterocycles. The molecule has 3 nitrogen and oxygen atoms in total. The van der Waals surface area contributed by atoms with E-state index in [0.717, 1.165) is 0 Å². The van der Waals surface area contributed by atoms with Crippen LogP contribution in [0.3, 0.4) is 0 Å². The van der Waals surface area contributed by atoms with E-state index in [1.54, 1.807) is 0 Å². The van der Waals surface area contributed by atoms with Gasteiger partial charge in [0.2, 0.25) is 0 Å². The second-order valence-corrected chi connectivity index (χ2v) is 15.8. The molecule has 0 N–H and O–H groups in total. The molecule has 6 heteroatoms. The summed E-state index contributed by atoms with van der Waals surface area (Å²) in [5, 5.41) is 0. The van der Waals surface area contributed by atoms with E-state index in [2.05, 4.69) is 39.3 Å². The first kappa shape index (κ1) is 15.5. The zero-order chi connectivity index (χ0) is 12.3. The van der Waals surface area contributed by atoms with Crippen molar-refractivity contribution in [3.8, 4) is 0 Å². The lowest BCUT2D eigenvalue weighted by molar-refractivity contribution is 0.182. The van der Waals surface area contributed by atoms with E-state index in [1.807, 2.05) is 13.8 Å². The fourth-order valence-electron chi connectivity index (χ4n) is 1.52. The van der Waals surface area contributed by atoms with Crippen molar-refractivity contribution in [1.29, 1.82) is 0 Å². The van der Waals surface area contributed by atoms with Crippen molar-refractivity contribution in [2.45, 2.75) is 59.2 Å². The van der Waals surface area contributed by atoms with Crippen molar-refractivity contribution in [1.82, 2.24) is 0 Å². The number of rotatable bonds is 6. The van der Waals surface area contributed by atoms with Gasteiger partial charge >= 0.3 is 8.56 Å². The molecule has 0 saturated carbocycles. The highest BCUT2D eigenvalue weighted by Gasteiger charge is 2.31. The monoisotopic (exact) mass is 266 g/mol. The van der Waals surface area contributed by atoms with Crippen molar-refractivity contribution < 1.29 is 12.7 Å². The Morgan fingerprint density at radius 1 is 0.933 bits per heavy atom. The predicted octanol–water partition coefficient (Wildman–Crippen LogP) is 2.83. The van der Waals surface area contributed by atoms with E-state index in [9.17, 15) is 0 Å². The van der Waals surface area contributed by atoms with Crippen molar-refractivity contribution in [3.05, 3.63) is 0 Å². The van der Waals surface area contributed by atoms with Crippen molar-refractivity contribution in [3.63, 3.8) is 0 Å². The summed E-state index contributed by atoms with van der Waals surface area (Å²) in [5.41, 5.74) is 0. The molecule has 0 heterocycles. The van der Waals surface area contributed by atoms with E-state index >= 15 is 0 Å². The molecule has 0 aliphatic heterocycles. The maximum atomic E-state index is 5.99. The molecule has 0 saturated heterocycles. The third-order valence-electron chi connectivity index (χ3n) is 1.49. The van der Waals surface area contributed by atoms with Crippen LogP contribution in [0.4, 0.5) is 0 Å². The SMILES string of the molecule is CC(C)O[Si](C)(C)O[SiH](C)O[Si](C)(C)C. The van der Waals surface area contributed by atoms with Gasteiger partial charge in [0.25, 0.3) is 9.28 Å². The second kappa shape index (κ2) is 5.74. The Labute approximate surface area is 98.4 Å². The van der Waals surface area contributed by atoms with Crippen LogP contribution in [-0.4, -0.2) is 32.3 Å². The molecule has 15 heavy (non-hydrogen) atoms. The van der Waals surface area contributed by atoms with Gasteiger partial charge in [-0.15, -0.1) is 0 Å². The zero-order valence-corrected chi connectivity index (χ0v) is 14.5. The molecule has 0 bridgehead atoms. The number of hydrogen-bond donors (Lipinski definition) is 0. The lowest BCUT2D eigenvalue weighted by atomic mass is 10.5. The van der Waals surface area contributed by atoms with Gasteiger partial charge in [0.15, 0.2) is 8.32 Å².